The van der Waals surface area contributed by atoms with E-state index in [0.29, 0.717) is 13.1 Å². The van der Waals surface area contributed by atoms with E-state index in [4.69, 9.17) is 10.2 Å². The number of furan rings is 1. The zero-order valence-corrected chi connectivity index (χ0v) is 7.62. The monoisotopic (exact) mass is 182 g/mol. The molecule has 3 N–H and O–H groups in total. The Labute approximate surface area is 77.1 Å². The first-order valence-corrected chi connectivity index (χ1v) is 4.24. The molecule has 4 nitrogen and oxygen atoms in total. The zero-order valence-electron chi connectivity index (χ0n) is 7.62. The summed E-state index contributed by atoms with van der Waals surface area (Å²) in [5.41, 5.74) is 5.34. The van der Waals surface area contributed by atoms with E-state index in [1.54, 1.807) is 19.3 Å². The minimum Gasteiger partial charge on any atom is -0.467 e. The molecule has 1 unspecified atom stereocenters. The number of hydrogen-bond acceptors (Lipinski definition) is 3. The highest BCUT2D eigenvalue weighted by Gasteiger charge is 2.09. The zero-order chi connectivity index (χ0) is 9.68. The lowest BCUT2D eigenvalue weighted by molar-refractivity contribution is -0.124. The predicted molar refractivity (Wildman–Crippen MR) is 48.8 cm³/mol. The maximum absolute atomic E-state index is 11.2. The second kappa shape index (κ2) is 4.67. The molecule has 0 saturated carbocycles. The predicted octanol–water partition coefficient (Wildman–Crippen LogP) is 0.491. The van der Waals surface area contributed by atoms with Crippen LogP contribution in [0.4, 0.5) is 0 Å². The summed E-state index contributed by atoms with van der Waals surface area (Å²) in [5, 5.41) is 2.72. The molecule has 4 heteroatoms. The first-order chi connectivity index (χ1) is 6.24. The van der Waals surface area contributed by atoms with Crippen LogP contribution in [-0.2, 0) is 11.3 Å². The molecule has 1 aromatic heterocycles. The van der Waals surface area contributed by atoms with Gasteiger partial charge in [-0.1, -0.05) is 6.92 Å². The van der Waals surface area contributed by atoms with Gasteiger partial charge in [-0.3, -0.25) is 4.79 Å². The first kappa shape index (κ1) is 9.80. The van der Waals surface area contributed by atoms with Crippen LogP contribution in [0.1, 0.15) is 12.7 Å². The van der Waals surface area contributed by atoms with Crippen LogP contribution in [0.15, 0.2) is 22.8 Å². The van der Waals surface area contributed by atoms with Crippen molar-refractivity contribution in [1.82, 2.24) is 5.32 Å². The summed E-state index contributed by atoms with van der Waals surface area (Å²) in [7, 11) is 0. The van der Waals surface area contributed by atoms with Crippen molar-refractivity contribution >= 4 is 5.91 Å². The van der Waals surface area contributed by atoms with Crippen molar-refractivity contribution in [1.29, 1.82) is 0 Å². The van der Waals surface area contributed by atoms with Crippen molar-refractivity contribution in [3.63, 3.8) is 0 Å². The van der Waals surface area contributed by atoms with E-state index in [-0.39, 0.29) is 11.8 Å². The van der Waals surface area contributed by atoms with Crippen LogP contribution < -0.4 is 11.1 Å². The number of nitrogens with one attached hydrogen (secondary N) is 1. The molecule has 1 heterocycles. The molecule has 0 fully saturated rings. The lowest BCUT2D eigenvalue weighted by Gasteiger charge is -2.07. The second-order valence-electron chi connectivity index (χ2n) is 2.93. The molecule has 0 aliphatic carbocycles. The summed E-state index contributed by atoms with van der Waals surface area (Å²) >= 11 is 0. The van der Waals surface area contributed by atoms with Crippen LogP contribution in [-0.4, -0.2) is 12.5 Å². The quantitative estimate of drug-likeness (QED) is 0.712. The van der Waals surface area contributed by atoms with Crippen molar-refractivity contribution in [2.75, 3.05) is 6.54 Å². The van der Waals surface area contributed by atoms with Gasteiger partial charge in [0.25, 0.3) is 0 Å². The van der Waals surface area contributed by atoms with E-state index in [1.807, 2.05) is 6.07 Å². The minimum absolute atomic E-state index is 0.0427. The largest absolute Gasteiger partial charge is 0.467 e. The molecule has 72 valence electrons. The van der Waals surface area contributed by atoms with E-state index in [2.05, 4.69) is 5.32 Å². The second-order valence-corrected chi connectivity index (χ2v) is 2.93. The first-order valence-electron chi connectivity index (χ1n) is 4.24. The fraction of sp³-hybridized carbons (Fsp3) is 0.444. The Balaban J connectivity index is 2.31. The van der Waals surface area contributed by atoms with E-state index in [0.717, 1.165) is 5.76 Å². The fourth-order valence-corrected chi connectivity index (χ4v) is 0.869. The highest BCUT2D eigenvalue weighted by Crippen LogP contribution is 1.99. The lowest BCUT2D eigenvalue weighted by atomic mass is 10.2. The van der Waals surface area contributed by atoms with Gasteiger partial charge in [0.2, 0.25) is 5.91 Å². The van der Waals surface area contributed by atoms with Crippen molar-refractivity contribution < 1.29 is 9.21 Å². The van der Waals surface area contributed by atoms with Crippen molar-refractivity contribution in [3.05, 3.63) is 24.2 Å². The summed E-state index contributed by atoms with van der Waals surface area (Å²) in [5.74, 6) is 0.562. The Kier molecular flexibility index (Phi) is 3.52. The normalized spacial score (nSPS) is 12.5. The average molecular weight is 182 g/mol. The molecular weight excluding hydrogens is 168 g/mol. The molecule has 0 spiro atoms. The van der Waals surface area contributed by atoms with Gasteiger partial charge in [0, 0.05) is 12.5 Å². The van der Waals surface area contributed by atoms with Gasteiger partial charge in [-0.2, -0.15) is 0 Å². The van der Waals surface area contributed by atoms with Crippen LogP contribution in [0.25, 0.3) is 0 Å². The molecule has 0 bridgehead atoms. The van der Waals surface area contributed by atoms with E-state index in [9.17, 15) is 4.79 Å². The van der Waals surface area contributed by atoms with Gasteiger partial charge < -0.3 is 15.5 Å². The summed E-state index contributed by atoms with van der Waals surface area (Å²) in [6.45, 7) is 2.58. The van der Waals surface area contributed by atoms with Crippen LogP contribution in [0.5, 0.6) is 0 Å². The minimum atomic E-state index is -0.144. The Morgan fingerprint density at radius 2 is 2.54 bits per heavy atom. The average Bonchev–Trinajstić information content (AvgIpc) is 2.65. The van der Waals surface area contributed by atoms with Crippen molar-refractivity contribution in [2.24, 2.45) is 11.7 Å². The Morgan fingerprint density at radius 1 is 1.77 bits per heavy atom. The van der Waals surface area contributed by atoms with Gasteiger partial charge in [0.05, 0.1) is 12.8 Å². The Bertz CT molecular complexity index is 257. The number of hydrogen-bond donors (Lipinski definition) is 2. The van der Waals surface area contributed by atoms with E-state index >= 15 is 0 Å². The number of nitrogens with two attached hydrogens (primary N) is 1. The summed E-state index contributed by atoms with van der Waals surface area (Å²) in [4.78, 5) is 11.2. The molecule has 1 rings (SSSR count). The number of rotatable bonds is 4. The highest BCUT2D eigenvalue weighted by atomic mass is 16.3. The van der Waals surface area contributed by atoms with Gasteiger partial charge in [-0.15, -0.1) is 0 Å². The van der Waals surface area contributed by atoms with Gasteiger partial charge in [0.1, 0.15) is 5.76 Å². The summed E-state index contributed by atoms with van der Waals surface area (Å²) in [6.07, 6.45) is 1.58. The van der Waals surface area contributed by atoms with Crippen LogP contribution in [0.3, 0.4) is 0 Å². The number of carbonyl (C=O) groups excluding carboxylic acids is 1. The SMILES string of the molecule is CC(CN)C(=O)NCc1ccco1. The van der Waals surface area contributed by atoms with Crippen LogP contribution in [0, 0.1) is 5.92 Å². The molecular formula is C9H14N2O2. The molecule has 13 heavy (non-hydrogen) atoms. The maximum atomic E-state index is 11.2. The van der Waals surface area contributed by atoms with Crippen molar-refractivity contribution in [2.45, 2.75) is 13.5 Å². The third kappa shape index (κ3) is 2.91. The van der Waals surface area contributed by atoms with Gasteiger partial charge in [0.15, 0.2) is 0 Å². The van der Waals surface area contributed by atoms with Gasteiger partial charge >= 0.3 is 0 Å². The molecule has 0 saturated heterocycles. The number of amides is 1. The molecule has 0 aliphatic heterocycles. The third-order valence-corrected chi connectivity index (χ3v) is 1.82. The van der Waals surface area contributed by atoms with Crippen LogP contribution >= 0.6 is 0 Å². The number of carbonyl (C=O) groups is 1. The maximum Gasteiger partial charge on any atom is 0.224 e. The molecule has 1 aromatic rings. The standard InChI is InChI=1S/C9H14N2O2/c1-7(5-10)9(12)11-6-8-3-2-4-13-8/h2-4,7H,5-6,10H2,1H3,(H,11,12). The summed E-state index contributed by atoms with van der Waals surface area (Å²) in [6, 6.07) is 3.60. The van der Waals surface area contributed by atoms with Crippen LogP contribution in [0.2, 0.25) is 0 Å². The Morgan fingerprint density at radius 3 is 3.08 bits per heavy atom. The van der Waals surface area contributed by atoms with Gasteiger partial charge in [-0.05, 0) is 12.1 Å². The topological polar surface area (TPSA) is 68.3 Å². The molecule has 0 radical (unpaired) electrons. The van der Waals surface area contributed by atoms with Gasteiger partial charge in [-0.25, -0.2) is 0 Å². The van der Waals surface area contributed by atoms with E-state index < -0.39 is 0 Å². The summed E-state index contributed by atoms with van der Waals surface area (Å²) < 4.78 is 5.05. The lowest BCUT2D eigenvalue weighted by Crippen LogP contribution is -2.32. The molecule has 1 atom stereocenters. The Hall–Kier alpha value is -1.29. The molecule has 0 aromatic carbocycles. The third-order valence-electron chi connectivity index (χ3n) is 1.82. The smallest absolute Gasteiger partial charge is 0.224 e. The van der Waals surface area contributed by atoms with E-state index in [1.165, 1.54) is 0 Å². The highest BCUT2D eigenvalue weighted by molar-refractivity contribution is 5.78. The molecule has 1 amide bonds. The van der Waals surface area contributed by atoms with Crippen molar-refractivity contribution in [3.8, 4) is 0 Å². The fourth-order valence-electron chi connectivity index (χ4n) is 0.869. The molecule has 0 aliphatic rings.